The number of likely N-dealkylation sites (N-methyl/N-ethyl adjacent to an activating group) is 2. The highest BCUT2D eigenvalue weighted by Gasteiger charge is 2.59. The van der Waals surface area contributed by atoms with Gasteiger partial charge in [0.05, 0.1) is 6.10 Å². The molecule has 0 aromatic rings. The smallest absolute Gasteiger partial charge is 0.191 e. The third-order valence-corrected chi connectivity index (χ3v) is 6.10. The largest absolute Gasteiger partial charge is 0.377 e. The predicted molar refractivity (Wildman–Crippen MR) is 93.8 cm³/mol. The van der Waals surface area contributed by atoms with Crippen molar-refractivity contribution < 1.29 is 4.74 Å². The average molecular weight is 323 g/mol. The van der Waals surface area contributed by atoms with E-state index < -0.39 is 0 Å². The quantitative estimate of drug-likeness (QED) is 0.574. The van der Waals surface area contributed by atoms with Crippen LogP contribution < -0.4 is 10.6 Å². The van der Waals surface area contributed by atoms with Gasteiger partial charge in [-0.1, -0.05) is 13.8 Å². The Balaban J connectivity index is 1.53. The standard InChI is InChI=1S/C17H33N5O/c1-17(2)14(13-6-9-23-15(13)17)20-16(18-3)19-10-12-11-21(4)7-8-22(12)5/h12-15H,6-11H2,1-5H3,(H2,18,19,20). The minimum atomic E-state index is 0.181. The highest BCUT2D eigenvalue weighted by atomic mass is 16.5. The van der Waals surface area contributed by atoms with Crippen LogP contribution in [0.5, 0.6) is 0 Å². The van der Waals surface area contributed by atoms with Crippen LogP contribution >= 0.6 is 0 Å². The number of piperazine rings is 1. The summed E-state index contributed by atoms with van der Waals surface area (Å²) in [5.41, 5.74) is 0.181. The summed E-state index contributed by atoms with van der Waals surface area (Å²) in [6.07, 6.45) is 1.58. The maximum atomic E-state index is 5.88. The topological polar surface area (TPSA) is 52.1 Å². The first-order chi connectivity index (χ1) is 10.9. The number of hydrogen-bond acceptors (Lipinski definition) is 4. The highest BCUT2D eigenvalue weighted by molar-refractivity contribution is 5.80. The first-order valence-electron chi connectivity index (χ1n) is 8.91. The summed E-state index contributed by atoms with van der Waals surface area (Å²) in [5, 5.41) is 7.19. The van der Waals surface area contributed by atoms with Gasteiger partial charge < -0.3 is 20.3 Å². The summed E-state index contributed by atoms with van der Waals surface area (Å²) in [5.74, 6) is 1.56. The van der Waals surface area contributed by atoms with Crippen molar-refractivity contribution in [2.45, 2.75) is 38.5 Å². The highest BCUT2D eigenvalue weighted by Crippen LogP contribution is 2.52. The molecular weight excluding hydrogens is 290 g/mol. The predicted octanol–water partition coefficient (Wildman–Crippen LogP) is 0.211. The lowest BCUT2D eigenvalue weighted by molar-refractivity contribution is -0.106. The Kier molecular flexibility index (Phi) is 4.85. The zero-order valence-corrected chi connectivity index (χ0v) is 15.3. The van der Waals surface area contributed by atoms with Gasteiger partial charge in [-0.25, -0.2) is 0 Å². The molecule has 23 heavy (non-hydrogen) atoms. The molecule has 2 heterocycles. The zero-order valence-electron chi connectivity index (χ0n) is 15.3. The monoisotopic (exact) mass is 323 g/mol. The summed E-state index contributed by atoms with van der Waals surface area (Å²) >= 11 is 0. The van der Waals surface area contributed by atoms with Crippen LogP contribution in [0, 0.1) is 11.3 Å². The van der Waals surface area contributed by atoms with Crippen molar-refractivity contribution in [2.75, 3.05) is 53.9 Å². The van der Waals surface area contributed by atoms with Crippen LogP contribution in [-0.2, 0) is 4.74 Å². The molecular formula is C17H33N5O. The van der Waals surface area contributed by atoms with Crippen molar-refractivity contribution in [2.24, 2.45) is 16.3 Å². The van der Waals surface area contributed by atoms with Crippen molar-refractivity contribution in [3.8, 4) is 0 Å². The van der Waals surface area contributed by atoms with E-state index >= 15 is 0 Å². The fourth-order valence-corrected chi connectivity index (χ4v) is 4.50. The molecule has 1 aliphatic carbocycles. The number of fused-ring (bicyclic) bond motifs is 1. The molecule has 3 fully saturated rings. The Bertz CT molecular complexity index is 452. The molecule has 2 N–H and O–H groups in total. The minimum absolute atomic E-state index is 0.181. The van der Waals surface area contributed by atoms with Crippen molar-refractivity contribution in [1.82, 2.24) is 20.4 Å². The molecule has 3 rings (SSSR count). The van der Waals surface area contributed by atoms with E-state index in [0.29, 0.717) is 24.1 Å². The van der Waals surface area contributed by atoms with Gasteiger partial charge in [-0.3, -0.25) is 9.89 Å². The van der Waals surface area contributed by atoms with Crippen LogP contribution in [0.2, 0.25) is 0 Å². The average Bonchev–Trinajstić information content (AvgIpc) is 2.97. The first-order valence-corrected chi connectivity index (χ1v) is 8.91. The van der Waals surface area contributed by atoms with Gasteiger partial charge in [0.25, 0.3) is 0 Å². The van der Waals surface area contributed by atoms with Gasteiger partial charge in [-0.15, -0.1) is 0 Å². The maximum Gasteiger partial charge on any atom is 0.191 e. The number of hydrogen-bond donors (Lipinski definition) is 2. The number of nitrogens with one attached hydrogen (secondary N) is 2. The normalized spacial score (nSPS) is 38.0. The molecule has 6 heteroatoms. The molecule has 0 aromatic carbocycles. The van der Waals surface area contributed by atoms with Gasteiger partial charge in [0.2, 0.25) is 0 Å². The fraction of sp³-hybridized carbons (Fsp3) is 0.941. The summed E-state index contributed by atoms with van der Waals surface area (Å²) in [7, 11) is 6.27. The van der Waals surface area contributed by atoms with Gasteiger partial charge in [0.15, 0.2) is 5.96 Å². The van der Waals surface area contributed by atoms with E-state index in [1.54, 1.807) is 0 Å². The molecule has 4 unspecified atom stereocenters. The number of aliphatic imine (C=N–C) groups is 1. The molecule has 4 atom stereocenters. The molecule has 2 saturated heterocycles. The third kappa shape index (κ3) is 3.21. The molecule has 0 radical (unpaired) electrons. The second kappa shape index (κ2) is 6.57. The Morgan fingerprint density at radius 3 is 2.83 bits per heavy atom. The van der Waals surface area contributed by atoms with E-state index in [1.807, 2.05) is 7.05 Å². The Hall–Kier alpha value is -0.850. The lowest BCUT2D eigenvalue weighted by Gasteiger charge is -2.55. The molecule has 1 saturated carbocycles. The van der Waals surface area contributed by atoms with E-state index in [-0.39, 0.29) is 5.41 Å². The minimum Gasteiger partial charge on any atom is -0.377 e. The Morgan fingerprint density at radius 2 is 2.09 bits per heavy atom. The van der Waals surface area contributed by atoms with E-state index in [4.69, 9.17) is 4.74 Å². The number of rotatable bonds is 3. The lowest BCUT2D eigenvalue weighted by Crippen LogP contribution is -2.68. The second-order valence-corrected chi connectivity index (χ2v) is 8.04. The van der Waals surface area contributed by atoms with Crippen LogP contribution in [-0.4, -0.2) is 87.9 Å². The third-order valence-electron chi connectivity index (χ3n) is 6.10. The summed E-state index contributed by atoms with van der Waals surface area (Å²) in [4.78, 5) is 9.28. The van der Waals surface area contributed by atoms with Crippen LogP contribution in [0.4, 0.5) is 0 Å². The molecule has 2 aliphatic heterocycles. The summed E-state index contributed by atoms with van der Waals surface area (Å²) in [6.45, 7) is 9.82. The zero-order chi connectivity index (χ0) is 16.6. The number of guanidine groups is 1. The Morgan fingerprint density at radius 1 is 1.30 bits per heavy atom. The van der Waals surface area contributed by atoms with Crippen LogP contribution in [0.3, 0.4) is 0 Å². The molecule has 132 valence electrons. The van der Waals surface area contributed by atoms with Crippen molar-refractivity contribution in [3.63, 3.8) is 0 Å². The van der Waals surface area contributed by atoms with Gasteiger partial charge in [0.1, 0.15) is 0 Å². The van der Waals surface area contributed by atoms with Crippen molar-refractivity contribution in [3.05, 3.63) is 0 Å². The van der Waals surface area contributed by atoms with Gasteiger partial charge in [-0.05, 0) is 20.5 Å². The van der Waals surface area contributed by atoms with Crippen LogP contribution in [0.25, 0.3) is 0 Å². The van der Waals surface area contributed by atoms with E-state index in [9.17, 15) is 0 Å². The first kappa shape index (κ1) is 17.0. The van der Waals surface area contributed by atoms with Crippen LogP contribution in [0.15, 0.2) is 4.99 Å². The van der Waals surface area contributed by atoms with Crippen molar-refractivity contribution in [1.29, 1.82) is 0 Å². The summed E-state index contributed by atoms with van der Waals surface area (Å²) in [6, 6.07) is 0.984. The summed E-state index contributed by atoms with van der Waals surface area (Å²) < 4.78 is 5.88. The molecule has 6 nitrogen and oxygen atoms in total. The molecule has 0 bridgehead atoms. The van der Waals surface area contributed by atoms with E-state index in [0.717, 1.165) is 38.7 Å². The molecule has 3 aliphatic rings. The van der Waals surface area contributed by atoms with Gasteiger partial charge >= 0.3 is 0 Å². The molecule has 0 spiro atoms. The number of ether oxygens (including phenoxy) is 1. The maximum absolute atomic E-state index is 5.88. The second-order valence-electron chi connectivity index (χ2n) is 8.04. The Labute approximate surface area is 140 Å². The number of nitrogens with zero attached hydrogens (tertiary/aromatic N) is 3. The fourth-order valence-electron chi connectivity index (χ4n) is 4.50. The molecule has 0 amide bonds. The SMILES string of the molecule is CN=C(NCC1CN(C)CCN1C)NC1C2CCOC2C1(C)C. The van der Waals surface area contributed by atoms with Gasteiger partial charge in [-0.2, -0.15) is 0 Å². The van der Waals surface area contributed by atoms with E-state index in [1.165, 1.54) is 6.42 Å². The lowest BCUT2D eigenvalue weighted by atomic mass is 9.57. The molecule has 0 aromatic heterocycles. The van der Waals surface area contributed by atoms with E-state index in [2.05, 4.69) is 53.4 Å². The van der Waals surface area contributed by atoms with Crippen LogP contribution in [0.1, 0.15) is 20.3 Å². The van der Waals surface area contributed by atoms with Gasteiger partial charge in [0, 0.05) is 63.3 Å². The van der Waals surface area contributed by atoms with Crippen molar-refractivity contribution >= 4 is 5.96 Å².